The molecule has 2 atom stereocenters. The van der Waals surface area contributed by atoms with Crippen molar-refractivity contribution < 1.29 is 4.79 Å². The van der Waals surface area contributed by atoms with Crippen molar-refractivity contribution >= 4 is 16.8 Å². The van der Waals surface area contributed by atoms with Gasteiger partial charge in [-0.1, -0.05) is 11.6 Å². The maximum absolute atomic E-state index is 12.9. The van der Waals surface area contributed by atoms with Crippen molar-refractivity contribution in [3.63, 3.8) is 0 Å². The van der Waals surface area contributed by atoms with Gasteiger partial charge in [-0.2, -0.15) is 5.10 Å². The third kappa shape index (κ3) is 2.53. The molecule has 2 aromatic rings. The van der Waals surface area contributed by atoms with Crippen LogP contribution >= 0.6 is 0 Å². The molecular formula is C16H22N4O. The molecule has 5 nitrogen and oxygen atoms in total. The van der Waals surface area contributed by atoms with Crippen molar-refractivity contribution in [3.8, 4) is 0 Å². The van der Waals surface area contributed by atoms with Crippen LogP contribution in [0.25, 0.3) is 10.9 Å². The molecule has 0 saturated carbocycles. The number of carbonyl (C=O) groups excluding carboxylic acids is 1. The van der Waals surface area contributed by atoms with E-state index in [-0.39, 0.29) is 18.0 Å². The van der Waals surface area contributed by atoms with Crippen molar-refractivity contribution in [2.45, 2.75) is 45.2 Å². The average molecular weight is 286 g/mol. The molecule has 1 fully saturated rings. The lowest BCUT2D eigenvalue weighted by Crippen LogP contribution is -2.51. The Kier molecular flexibility index (Phi) is 3.68. The SMILES string of the molecule is Cc1ccc2[nH]nc(C(=O)N3CCCCC3C(C)N)c2c1. The number of benzene rings is 1. The fraction of sp³-hybridized carbons (Fsp3) is 0.500. The zero-order valence-corrected chi connectivity index (χ0v) is 12.6. The van der Waals surface area contributed by atoms with Crippen LogP contribution in [0, 0.1) is 6.92 Å². The maximum atomic E-state index is 12.9. The Balaban J connectivity index is 1.97. The highest BCUT2D eigenvalue weighted by molar-refractivity contribution is 6.05. The second-order valence-electron chi connectivity index (χ2n) is 6.04. The lowest BCUT2D eigenvalue weighted by atomic mass is 9.96. The molecule has 0 aliphatic carbocycles. The van der Waals surface area contributed by atoms with Crippen LogP contribution in [-0.4, -0.2) is 39.6 Å². The number of nitrogens with zero attached hydrogens (tertiary/aromatic N) is 2. The monoisotopic (exact) mass is 286 g/mol. The van der Waals surface area contributed by atoms with Crippen molar-refractivity contribution in [3.05, 3.63) is 29.5 Å². The van der Waals surface area contributed by atoms with Gasteiger partial charge >= 0.3 is 0 Å². The molecule has 0 spiro atoms. The number of rotatable bonds is 2. The number of aromatic nitrogens is 2. The summed E-state index contributed by atoms with van der Waals surface area (Å²) in [6.07, 6.45) is 3.15. The number of nitrogens with two attached hydrogens (primary N) is 1. The van der Waals surface area contributed by atoms with Crippen LogP contribution in [0.15, 0.2) is 18.2 Å². The molecule has 1 aliphatic heterocycles. The van der Waals surface area contributed by atoms with Gasteiger partial charge < -0.3 is 10.6 Å². The summed E-state index contributed by atoms with van der Waals surface area (Å²) in [7, 11) is 0. The third-order valence-corrected chi connectivity index (χ3v) is 4.34. The van der Waals surface area contributed by atoms with E-state index in [0.29, 0.717) is 5.69 Å². The normalized spacial score (nSPS) is 20.7. The Bertz CT molecular complexity index is 661. The van der Waals surface area contributed by atoms with Gasteiger partial charge in [-0.15, -0.1) is 0 Å². The summed E-state index contributed by atoms with van der Waals surface area (Å²) >= 11 is 0. The first-order valence-electron chi connectivity index (χ1n) is 7.59. The minimum absolute atomic E-state index is 0.00569. The Morgan fingerprint density at radius 2 is 2.29 bits per heavy atom. The minimum atomic E-state index is -0.0128. The highest BCUT2D eigenvalue weighted by Gasteiger charge is 2.31. The summed E-state index contributed by atoms with van der Waals surface area (Å²) in [5.74, 6) is -0.00569. The van der Waals surface area contributed by atoms with E-state index >= 15 is 0 Å². The lowest BCUT2D eigenvalue weighted by Gasteiger charge is -2.37. The van der Waals surface area contributed by atoms with Gasteiger partial charge in [-0.25, -0.2) is 0 Å². The third-order valence-electron chi connectivity index (χ3n) is 4.34. The van der Waals surface area contributed by atoms with Crippen molar-refractivity contribution in [2.24, 2.45) is 5.73 Å². The number of aromatic amines is 1. The van der Waals surface area contributed by atoms with Gasteiger partial charge in [0, 0.05) is 24.0 Å². The number of nitrogens with one attached hydrogen (secondary N) is 1. The smallest absolute Gasteiger partial charge is 0.275 e. The summed E-state index contributed by atoms with van der Waals surface area (Å²) in [5.41, 5.74) is 8.60. The zero-order chi connectivity index (χ0) is 15.0. The molecule has 2 unspecified atom stereocenters. The van der Waals surface area contributed by atoms with E-state index in [2.05, 4.69) is 10.2 Å². The van der Waals surface area contributed by atoms with Gasteiger partial charge in [0.05, 0.1) is 5.52 Å². The number of fused-ring (bicyclic) bond motifs is 1. The Morgan fingerprint density at radius 1 is 1.48 bits per heavy atom. The first-order chi connectivity index (χ1) is 10.1. The highest BCUT2D eigenvalue weighted by atomic mass is 16.2. The highest BCUT2D eigenvalue weighted by Crippen LogP contribution is 2.24. The number of hydrogen-bond acceptors (Lipinski definition) is 3. The maximum Gasteiger partial charge on any atom is 0.275 e. The van der Waals surface area contributed by atoms with Gasteiger partial charge in [0.2, 0.25) is 0 Å². The van der Waals surface area contributed by atoms with Gasteiger partial charge in [0.1, 0.15) is 0 Å². The number of hydrogen-bond donors (Lipinski definition) is 2. The average Bonchev–Trinajstić information content (AvgIpc) is 2.89. The van der Waals surface area contributed by atoms with Crippen LogP contribution in [0.4, 0.5) is 0 Å². The number of carbonyl (C=O) groups is 1. The van der Waals surface area contributed by atoms with Crippen LogP contribution in [0.5, 0.6) is 0 Å². The van der Waals surface area contributed by atoms with Crippen LogP contribution < -0.4 is 5.73 Å². The van der Waals surface area contributed by atoms with Crippen molar-refractivity contribution in [1.82, 2.24) is 15.1 Å². The fourth-order valence-corrected chi connectivity index (χ4v) is 3.18. The predicted molar refractivity (Wildman–Crippen MR) is 83.2 cm³/mol. The first-order valence-corrected chi connectivity index (χ1v) is 7.59. The standard InChI is InChI=1S/C16H22N4O/c1-10-6-7-13-12(9-10)15(19-18-13)16(21)20-8-4-3-5-14(20)11(2)17/h6-7,9,11,14H,3-5,8,17H2,1-2H3,(H,18,19). The summed E-state index contributed by atoms with van der Waals surface area (Å²) in [6, 6.07) is 6.09. The van der Waals surface area contributed by atoms with Gasteiger partial charge in [0.25, 0.3) is 5.91 Å². The summed E-state index contributed by atoms with van der Waals surface area (Å²) in [6.45, 7) is 4.76. The van der Waals surface area contributed by atoms with E-state index in [0.717, 1.165) is 42.3 Å². The molecule has 0 radical (unpaired) electrons. The van der Waals surface area contributed by atoms with Gasteiger partial charge in [0.15, 0.2) is 5.69 Å². The summed E-state index contributed by atoms with van der Waals surface area (Å²) in [4.78, 5) is 14.8. The van der Waals surface area contributed by atoms with Crippen LogP contribution in [0.1, 0.15) is 42.2 Å². The summed E-state index contributed by atoms with van der Waals surface area (Å²) in [5, 5.41) is 8.10. The molecule has 5 heteroatoms. The fourth-order valence-electron chi connectivity index (χ4n) is 3.18. The molecule has 21 heavy (non-hydrogen) atoms. The molecular weight excluding hydrogens is 264 g/mol. The van der Waals surface area contributed by atoms with Crippen LogP contribution in [0.3, 0.4) is 0 Å². The number of amides is 1. The molecule has 3 rings (SSSR count). The predicted octanol–water partition coefficient (Wildman–Crippen LogP) is 2.21. The molecule has 112 valence electrons. The number of H-pyrrole nitrogens is 1. The van der Waals surface area contributed by atoms with Gasteiger partial charge in [-0.3, -0.25) is 9.89 Å². The van der Waals surface area contributed by atoms with Gasteiger partial charge in [-0.05, 0) is 45.2 Å². The van der Waals surface area contributed by atoms with E-state index in [4.69, 9.17) is 5.73 Å². The largest absolute Gasteiger partial charge is 0.333 e. The van der Waals surface area contributed by atoms with Crippen molar-refractivity contribution in [2.75, 3.05) is 6.54 Å². The van der Waals surface area contributed by atoms with E-state index in [1.807, 2.05) is 36.9 Å². The number of aryl methyl sites for hydroxylation is 1. The Morgan fingerprint density at radius 3 is 3.05 bits per heavy atom. The van der Waals surface area contributed by atoms with Crippen LogP contribution in [-0.2, 0) is 0 Å². The van der Waals surface area contributed by atoms with E-state index < -0.39 is 0 Å². The first kappa shape index (κ1) is 14.1. The minimum Gasteiger partial charge on any atom is -0.333 e. The molecule has 1 aromatic carbocycles. The topological polar surface area (TPSA) is 75.0 Å². The molecule has 1 aromatic heterocycles. The lowest BCUT2D eigenvalue weighted by molar-refractivity contribution is 0.0579. The molecule has 1 saturated heterocycles. The zero-order valence-electron chi connectivity index (χ0n) is 12.6. The molecule has 1 amide bonds. The quantitative estimate of drug-likeness (QED) is 0.888. The number of likely N-dealkylation sites (tertiary alicyclic amines) is 1. The molecule has 2 heterocycles. The molecule has 1 aliphatic rings. The van der Waals surface area contributed by atoms with E-state index in [1.54, 1.807) is 0 Å². The van der Waals surface area contributed by atoms with E-state index in [1.165, 1.54) is 0 Å². The Hall–Kier alpha value is -1.88. The number of piperidine rings is 1. The summed E-state index contributed by atoms with van der Waals surface area (Å²) < 4.78 is 0. The van der Waals surface area contributed by atoms with E-state index in [9.17, 15) is 4.79 Å². The second kappa shape index (κ2) is 5.48. The van der Waals surface area contributed by atoms with Crippen LogP contribution in [0.2, 0.25) is 0 Å². The molecule has 3 N–H and O–H groups in total. The second-order valence-corrected chi connectivity index (χ2v) is 6.04. The Labute approximate surface area is 124 Å². The van der Waals surface area contributed by atoms with Crippen molar-refractivity contribution in [1.29, 1.82) is 0 Å². The molecule has 0 bridgehead atoms.